The van der Waals surface area contributed by atoms with Crippen LogP contribution in [0.2, 0.25) is 0 Å². The third-order valence-electron chi connectivity index (χ3n) is 6.14. The van der Waals surface area contributed by atoms with Gasteiger partial charge in [-0.3, -0.25) is 4.79 Å². The predicted octanol–water partition coefficient (Wildman–Crippen LogP) is 3.86. The van der Waals surface area contributed by atoms with Crippen LogP contribution in [0.25, 0.3) is 11.3 Å². The number of Topliss-reactive ketones (excluding diaryl/α,β-unsaturated/α-hetero) is 1. The molecule has 0 saturated carbocycles. The second-order valence-electron chi connectivity index (χ2n) is 7.72. The van der Waals surface area contributed by atoms with Crippen LogP contribution in [0.4, 0.5) is 0 Å². The minimum Gasteiger partial charge on any atom is -0.493 e. The fraction of sp³-hybridized carbons (Fsp3) is 0.192. The van der Waals surface area contributed by atoms with Gasteiger partial charge < -0.3 is 19.5 Å². The van der Waals surface area contributed by atoms with Gasteiger partial charge in [0.05, 0.1) is 25.5 Å². The van der Waals surface area contributed by atoms with Crippen LogP contribution in [-0.2, 0) is 16.9 Å². The van der Waals surface area contributed by atoms with Crippen LogP contribution in [0, 0.1) is 0 Å². The highest BCUT2D eigenvalue weighted by Crippen LogP contribution is 2.51. The van der Waals surface area contributed by atoms with Crippen LogP contribution in [0.5, 0.6) is 11.5 Å². The Morgan fingerprint density at radius 1 is 0.871 bits per heavy atom. The zero-order chi connectivity index (χ0) is 21.6. The summed E-state index contributed by atoms with van der Waals surface area (Å²) in [5.74, 6) is 0.743. The minimum absolute atomic E-state index is 0.328. The Labute approximate surface area is 181 Å². The third-order valence-corrected chi connectivity index (χ3v) is 6.14. The average molecular weight is 413 g/mol. The summed E-state index contributed by atoms with van der Waals surface area (Å²) in [5.41, 5.74) is 2.58. The number of hydrogen-bond acceptors (Lipinski definition) is 5. The molecule has 2 heterocycles. The predicted molar refractivity (Wildman–Crippen MR) is 119 cm³/mol. The maximum absolute atomic E-state index is 13.9. The van der Waals surface area contributed by atoms with Gasteiger partial charge in [0, 0.05) is 12.1 Å². The molecule has 2 aliphatic heterocycles. The van der Waals surface area contributed by atoms with Gasteiger partial charge in [-0.05, 0) is 35.2 Å². The lowest BCUT2D eigenvalue weighted by Gasteiger charge is -2.41. The van der Waals surface area contributed by atoms with E-state index in [9.17, 15) is 9.90 Å². The number of fused-ring (bicyclic) bond motifs is 3. The first-order valence-corrected chi connectivity index (χ1v) is 10.2. The van der Waals surface area contributed by atoms with Gasteiger partial charge in [-0.15, -0.1) is 0 Å². The maximum Gasteiger partial charge on any atom is 0.230 e. The Morgan fingerprint density at radius 2 is 1.45 bits per heavy atom. The van der Waals surface area contributed by atoms with E-state index in [2.05, 4.69) is 0 Å². The Morgan fingerprint density at radius 3 is 2.06 bits per heavy atom. The number of methoxy groups -OCH3 is 2. The molecule has 0 spiro atoms. The van der Waals surface area contributed by atoms with Crippen molar-refractivity contribution in [3.63, 3.8) is 0 Å². The van der Waals surface area contributed by atoms with E-state index in [-0.39, 0.29) is 5.78 Å². The van der Waals surface area contributed by atoms with E-state index < -0.39 is 5.72 Å². The molecule has 31 heavy (non-hydrogen) atoms. The molecule has 5 rings (SSSR count). The maximum atomic E-state index is 13.9. The third kappa shape index (κ3) is 2.77. The molecule has 2 aliphatic rings. The van der Waals surface area contributed by atoms with Crippen molar-refractivity contribution >= 4 is 17.1 Å². The molecule has 156 valence electrons. The molecule has 1 unspecified atom stereocenters. The number of ether oxygens (including phenoxy) is 2. The van der Waals surface area contributed by atoms with E-state index in [4.69, 9.17) is 9.47 Å². The van der Waals surface area contributed by atoms with E-state index >= 15 is 0 Å². The first kappa shape index (κ1) is 19.4. The van der Waals surface area contributed by atoms with Crippen LogP contribution < -0.4 is 9.47 Å². The van der Waals surface area contributed by atoms with E-state index in [0.29, 0.717) is 35.6 Å². The number of carbonyl (C=O) groups is 1. The van der Waals surface area contributed by atoms with Crippen molar-refractivity contribution in [2.75, 3.05) is 20.8 Å². The molecule has 0 amide bonds. The van der Waals surface area contributed by atoms with Crippen LogP contribution in [0.3, 0.4) is 0 Å². The normalized spacial score (nSPS) is 19.8. The van der Waals surface area contributed by atoms with Gasteiger partial charge in [0.1, 0.15) is 0 Å². The van der Waals surface area contributed by atoms with E-state index in [0.717, 1.165) is 22.4 Å². The Kier molecular flexibility index (Phi) is 4.56. The van der Waals surface area contributed by atoms with Gasteiger partial charge in [-0.25, -0.2) is 0 Å². The lowest BCUT2D eigenvalue weighted by molar-refractivity contribution is -0.148. The average Bonchev–Trinajstić information content (AvgIpc) is 3.06. The Hall–Kier alpha value is -3.57. The van der Waals surface area contributed by atoms with Crippen molar-refractivity contribution in [2.45, 2.75) is 12.1 Å². The first-order chi connectivity index (χ1) is 15.1. The molecule has 5 nitrogen and oxygen atoms in total. The van der Waals surface area contributed by atoms with Crippen molar-refractivity contribution in [1.82, 2.24) is 4.90 Å². The van der Waals surface area contributed by atoms with Crippen LogP contribution >= 0.6 is 0 Å². The zero-order valence-corrected chi connectivity index (χ0v) is 17.5. The molecular formula is C26H23NO4. The molecule has 3 aromatic rings. The van der Waals surface area contributed by atoms with Gasteiger partial charge in [-0.1, -0.05) is 60.7 Å². The number of nitrogens with zero attached hydrogens (tertiary/aromatic N) is 1. The molecule has 0 bridgehead atoms. The summed E-state index contributed by atoms with van der Waals surface area (Å²) in [7, 11) is 3.13. The monoisotopic (exact) mass is 413 g/mol. The number of rotatable bonds is 4. The summed E-state index contributed by atoms with van der Waals surface area (Å²) in [5, 5.41) is 12.0. The number of aliphatic hydroxyl groups is 1. The lowest BCUT2D eigenvalue weighted by atomic mass is 9.86. The van der Waals surface area contributed by atoms with Crippen molar-refractivity contribution in [3.05, 3.63) is 95.1 Å². The van der Waals surface area contributed by atoms with Gasteiger partial charge in [-0.2, -0.15) is 0 Å². The number of ketones is 1. The molecule has 5 heteroatoms. The van der Waals surface area contributed by atoms with Crippen molar-refractivity contribution < 1.29 is 19.4 Å². The van der Waals surface area contributed by atoms with Crippen LogP contribution in [-0.4, -0.2) is 36.6 Å². The summed E-state index contributed by atoms with van der Waals surface area (Å²) < 4.78 is 10.9. The van der Waals surface area contributed by atoms with Gasteiger partial charge >= 0.3 is 0 Å². The van der Waals surface area contributed by atoms with E-state index in [1.807, 2.05) is 71.6 Å². The molecule has 0 saturated heterocycles. The SMILES string of the molecule is COc1cc2c(cc1OC)C1(O)C(=O)C(c3ccccc3)=C(c3ccccc3)N1CC2. The largest absolute Gasteiger partial charge is 0.493 e. The van der Waals surface area contributed by atoms with Crippen molar-refractivity contribution in [2.24, 2.45) is 0 Å². The summed E-state index contributed by atoms with van der Waals surface area (Å²) in [6.45, 7) is 0.505. The molecule has 1 atom stereocenters. The Balaban J connectivity index is 1.76. The number of hydrogen-bond donors (Lipinski definition) is 1. The van der Waals surface area contributed by atoms with Crippen molar-refractivity contribution in [3.8, 4) is 11.5 Å². The number of benzene rings is 3. The zero-order valence-electron chi connectivity index (χ0n) is 17.5. The summed E-state index contributed by atoms with van der Waals surface area (Å²) in [6, 6.07) is 22.9. The second-order valence-corrected chi connectivity index (χ2v) is 7.72. The highest BCUT2D eigenvalue weighted by molar-refractivity contribution is 6.34. The summed E-state index contributed by atoms with van der Waals surface area (Å²) >= 11 is 0. The smallest absolute Gasteiger partial charge is 0.230 e. The van der Waals surface area contributed by atoms with E-state index in [1.54, 1.807) is 20.3 Å². The highest BCUT2D eigenvalue weighted by Gasteiger charge is 2.56. The summed E-state index contributed by atoms with van der Waals surface area (Å²) in [4.78, 5) is 15.8. The van der Waals surface area contributed by atoms with Gasteiger partial charge in [0.2, 0.25) is 11.5 Å². The minimum atomic E-state index is -1.80. The fourth-order valence-electron chi connectivity index (χ4n) is 4.70. The second kappa shape index (κ2) is 7.29. The van der Waals surface area contributed by atoms with Crippen LogP contribution in [0.1, 0.15) is 22.3 Å². The van der Waals surface area contributed by atoms with Crippen molar-refractivity contribution in [1.29, 1.82) is 0 Å². The topological polar surface area (TPSA) is 59.0 Å². The van der Waals surface area contributed by atoms with Crippen LogP contribution in [0.15, 0.2) is 72.8 Å². The lowest BCUT2D eigenvalue weighted by Crippen LogP contribution is -2.50. The van der Waals surface area contributed by atoms with E-state index in [1.165, 1.54) is 0 Å². The molecule has 0 aromatic heterocycles. The van der Waals surface area contributed by atoms with Gasteiger partial charge in [0.25, 0.3) is 0 Å². The quantitative estimate of drug-likeness (QED) is 0.704. The number of carbonyl (C=O) groups excluding carboxylic acids is 1. The molecule has 1 N–H and O–H groups in total. The molecule has 0 fully saturated rings. The summed E-state index contributed by atoms with van der Waals surface area (Å²) in [6.07, 6.45) is 0.670. The Bertz CT molecular complexity index is 1190. The molecule has 0 aliphatic carbocycles. The first-order valence-electron chi connectivity index (χ1n) is 10.2. The molecule has 3 aromatic carbocycles. The highest BCUT2D eigenvalue weighted by atomic mass is 16.5. The standard InChI is InChI=1S/C26H23NO4/c1-30-21-15-19-13-14-27-24(18-11-7-4-8-12-18)23(17-9-5-3-6-10-17)25(28)26(27,29)20(19)16-22(21)31-2/h3-12,15-16,29H,13-14H2,1-2H3. The fourth-order valence-corrected chi connectivity index (χ4v) is 4.70. The molecular weight excluding hydrogens is 390 g/mol. The van der Waals surface area contributed by atoms with Gasteiger partial charge in [0.15, 0.2) is 11.5 Å². The molecule has 0 radical (unpaired) electrons.